The van der Waals surface area contributed by atoms with Crippen molar-refractivity contribution in [3.63, 3.8) is 0 Å². The highest BCUT2D eigenvalue weighted by atomic mass is 35.5. The lowest BCUT2D eigenvalue weighted by Gasteiger charge is -2.31. The molecule has 2 N–H and O–H groups in total. The first kappa shape index (κ1) is 19.5. The Kier molecular flexibility index (Phi) is 5.45. The molecule has 8 nitrogen and oxygen atoms in total. The van der Waals surface area contributed by atoms with Crippen molar-refractivity contribution < 1.29 is 4.42 Å². The number of nitrogens with one attached hydrogen (secondary N) is 2. The first-order valence-corrected chi connectivity index (χ1v) is 10.8. The van der Waals surface area contributed by atoms with Crippen LogP contribution >= 0.6 is 23.2 Å². The molecule has 0 amide bonds. The maximum atomic E-state index is 6.38. The number of aromatic nitrogens is 4. The van der Waals surface area contributed by atoms with Crippen LogP contribution in [0, 0.1) is 0 Å². The molecular formula is C20H21Cl2N7O. The van der Waals surface area contributed by atoms with Crippen molar-refractivity contribution in [3.8, 4) is 11.6 Å². The fraction of sp³-hybridized carbons (Fsp3) is 0.400. The van der Waals surface area contributed by atoms with Gasteiger partial charge in [0.25, 0.3) is 5.89 Å². The normalized spacial score (nSPS) is 16.9. The van der Waals surface area contributed by atoms with Crippen LogP contribution in [0.2, 0.25) is 10.0 Å². The zero-order valence-corrected chi connectivity index (χ0v) is 17.7. The molecule has 2 aliphatic rings. The minimum Gasteiger partial charge on any atom is -0.419 e. The molecule has 0 unspecified atom stereocenters. The van der Waals surface area contributed by atoms with Gasteiger partial charge in [-0.1, -0.05) is 23.2 Å². The Balaban J connectivity index is 1.42. The van der Waals surface area contributed by atoms with E-state index in [9.17, 15) is 0 Å². The summed E-state index contributed by atoms with van der Waals surface area (Å²) in [6.45, 7) is 4.11. The van der Waals surface area contributed by atoms with Crippen LogP contribution in [0.1, 0.15) is 30.2 Å². The zero-order valence-electron chi connectivity index (χ0n) is 16.2. The van der Waals surface area contributed by atoms with Crippen molar-refractivity contribution >= 4 is 34.7 Å². The molecule has 2 aromatic heterocycles. The first-order chi connectivity index (χ1) is 14.7. The Hall–Kier alpha value is -2.42. The van der Waals surface area contributed by atoms with Crippen molar-refractivity contribution in [1.29, 1.82) is 0 Å². The lowest BCUT2D eigenvalue weighted by atomic mass is 9.98. The maximum absolute atomic E-state index is 6.38. The smallest absolute Gasteiger partial charge is 0.268 e. The van der Waals surface area contributed by atoms with E-state index in [1.165, 1.54) is 0 Å². The van der Waals surface area contributed by atoms with E-state index in [1.807, 2.05) is 18.2 Å². The van der Waals surface area contributed by atoms with Gasteiger partial charge in [0.1, 0.15) is 0 Å². The summed E-state index contributed by atoms with van der Waals surface area (Å²) in [5, 5.41) is 25.1. The molecule has 5 rings (SSSR count). The molecule has 1 aromatic carbocycles. The lowest BCUT2D eigenvalue weighted by Crippen LogP contribution is -2.34. The lowest BCUT2D eigenvalue weighted by molar-refractivity contribution is 0.378. The van der Waals surface area contributed by atoms with Crippen LogP contribution in [0.5, 0.6) is 0 Å². The summed E-state index contributed by atoms with van der Waals surface area (Å²) in [4.78, 5) is 2.20. The van der Waals surface area contributed by atoms with Gasteiger partial charge in [0.15, 0.2) is 11.5 Å². The second-order valence-electron chi connectivity index (χ2n) is 7.52. The summed E-state index contributed by atoms with van der Waals surface area (Å²) >= 11 is 12.5. The van der Waals surface area contributed by atoms with E-state index in [0.717, 1.165) is 56.1 Å². The summed E-state index contributed by atoms with van der Waals surface area (Å²) < 4.78 is 5.96. The molecule has 1 saturated heterocycles. The number of halogens is 2. The van der Waals surface area contributed by atoms with Crippen molar-refractivity contribution in [1.82, 2.24) is 25.7 Å². The largest absolute Gasteiger partial charge is 0.419 e. The monoisotopic (exact) mass is 445 g/mol. The molecule has 3 aromatic rings. The Labute approximate surface area is 184 Å². The van der Waals surface area contributed by atoms with Crippen LogP contribution in [0.4, 0.5) is 11.5 Å². The molecule has 0 spiro atoms. The molecule has 1 fully saturated rings. The van der Waals surface area contributed by atoms with Crippen LogP contribution in [0.25, 0.3) is 11.6 Å². The minimum absolute atomic E-state index is 0.293. The van der Waals surface area contributed by atoms with Crippen LogP contribution in [-0.2, 0) is 6.54 Å². The van der Waals surface area contributed by atoms with Gasteiger partial charge in [-0.15, -0.1) is 20.4 Å². The standard InChI is InChI=1S/C20H21Cl2N7O/c21-14-1-2-15(22)13(9-14)11-29-8-7-24-18-17(29)10-16(25-26-18)20-28-27-19(30-20)12-3-5-23-6-4-12/h1-2,9-10,12,23H,3-8,11H2,(H,24,26). The highest BCUT2D eigenvalue weighted by Gasteiger charge is 2.24. The molecule has 156 valence electrons. The summed E-state index contributed by atoms with van der Waals surface area (Å²) in [5.74, 6) is 2.08. The molecule has 10 heteroatoms. The Morgan fingerprint density at radius 1 is 1.03 bits per heavy atom. The van der Waals surface area contributed by atoms with Crippen LogP contribution in [0.3, 0.4) is 0 Å². The van der Waals surface area contributed by atoms with Crippen molar-refractivity contribution in [3.05, 3.63) is 45.8 Å². The number of hydrogen-bond donors (Lipinski definition) is 2. The second kappa shape index (κ2) is 8.37. The quantitative estimate of drug-likeness (QED) is 0.627. The number of nitrogens with zero attached hydrogens (tertiary/aromatic N) is 5. The summed E-state index contributed by atoms with van der Waals surface area (Å²) in [7, 11) is 0. The van der Waals surface area contributed by atoms with Crippen LogP contribution in [-0.4, -0.2) is 46.6 Å². The van der Waals surface area contributed by atoms with E-state index in [1.54, 1.807) is 6.07 Å². The Morgan fingerprint density at radius 2 is 1.90 bits per heavy atom. The fourth-order valence-electron chi connectivity index (χ4n) is 3.89. The maximum Gasteiger partial charge on any atom is 0.268 e. The van der Waals surface area contributed by atoms with E-state index >= 15 is 0 Å². The average Bonchev–Trinajstić information content (AvgIpc) is 3.27. The fourth-order valence-corrected chi connectivity index (χ4v) is 4.26. The third kappa shape index (κ3) is 3.95. The van der Waals surface area contributed by atoms with Crippen molar-refractivity contribution in [2.75, 3.05) is 36.4 Å². The number of anilines is 2. The van der Waals surface area contributed by atoms with Gasteiger partial charge >= 0.3 is 0 Å². The summed E-state index contributed by atoms with van der Waals surface area (Å²) in [6, 6.07) is 7.44. The molecular weight excluding hydrogens is 425 g/mol. The predicted octanol–water partition coefficient (Wildman–Crippen LogP) is 3.73. The third-order valence-corrected chi connectivity index (χ3v) is 6.11. The van der Waals surface area contributed by atoms with E-state index in [2.05, 4.69) is 35.9 Å². The minimum atomic E-state index is 0.293. The van der Waals surface area contributed by atoms with Gasteiger partial charge in [-0.25, -0.2) is 0 Å². The molecule has 0 atom stereocenters. The summed E-state index contributed by atoms with van der Waals surface area (Å²) in [5.41, 5.74) is 2.44. The Morgan fingerprint density at radius 3 is 2.77 bits per heavy atom. The predicted molar refractivity (Wildman–Crippen MR) is 116 cm³/mol. The molecule has 2 aliphatic heterocycles. The van der Waals surface area contributed by atoms with E-state index in [-0.39, 0.29) is 0 Å². The summed E-state index contributed by atoms with van der Waals surface area (Å²) in [6.07, 6.45) is 1.99. The SMILES string of the molecule is Clc1ccc(Cl)c(CN2CCNc3nnc(-c4nnc(C5CCNCC5)o4)cc32)c1. The molecule has 4 heterocycles. The van der Waals surface area contributed by atoms with Crippen molar-refractivity contribution in [2.45, 2.75) is 25.3 Å². The number of rotatable bonds is 4. The van der Waals surface area contributed by atoms with Crippen LogP contribution < -0.4 is 15.5 Å². The number of hydrogen-bond acceptors (Lipinski definition) is 8. The van der Waals surface area contributed by atoms with E-state index in [4.69, 9.17) is 27.6 Å². The Bertz CT molecular complexity index is 1050. The molecule has 0 aliphatic carbocycles. The topological polar surface area (TPSA) is 92.0 Å². The zero-order chi connectivity index (χ0) is 20.5. The van der Waals surface area contributed by atoms with Crippen molar-refractivity contribution in [2.24, 2.45) is 0 Å². The first-order valence-electron chi connectivity index (χ1n) is 10.0. The number of benzene rings is 1. The highest BCUT2D eigenvalue weighted by molar-refractivity contribution is 6.33. The van der Waals surface area contributed by atoms with E-state index in [0.29, 0.717) is 40.0 Å². The van der Waals surface area contributed by atoms with E-state index < -0.39 is 0 Å². The second-order valence-corrected chi connectivity index (χ2v) is 8.36. The van der Waals surface area contributed by atoms with Crippen LogP contribution in [0.15, 0.2) is 28.7 Å². The van der Waals surface area contributed by atoms with Gasteiger partial charge < -0.3 is 20.0 Å². The molecule has 0 bridgehead atoms. The molecule has 30 heavy (non-hydrogen) atoms. The van der Waals surface area contributed by atoms with Gasteiger partial charge in [0, 0.05) is 35.6 Å². The molecule has 0 saturated carbocycles. The number of piperidine rings is 1. The average molecular weight is 446 g/mol. The van der Waals surface area contributed by atoms with Gasteiger partial charge in [0.2, 0.25) is 5.89 Å². The number of fused-ring (bicyclic) bond motifs is 1. The molecule has 0 radical (unpaired) electrons. The van der Waals surface area contributed by atoms with Gasteiger partial charge in [-0.05, 0) is 55.8 Å². The highest BCUT2D eigenvalue weighted by Crippen LogP contribution is 2.33. The van der Waals surface area contributed by atoms with Gasteiger partial charge in [-0.3, -0.25) is 0 Å². The van der Waals surface area contributed by atoms with Gasteiger partial charge in [0.05, 0.1) is 5.69 Å². The van der Waals surface area contributed by atoms with Gasteiger partial charge in [-0.2, -0.15) is 0 Å². The third-order valence-electron chi connectivity index (χ3n) is 5.51.